The van der Waals surface area contributed by atoms with Gasteiger partial charge in [0.05, 0.1) is 17.7 Å². The SMILES string of the molecule is CCNC(=O)C(C)N(Cc1cccc(C)c1)C(=O)CN(c1ccccc1OC)S(=O)(=O)c1ccccc1. The number of aryl methyl sites for hydroxylation is 1. The maximum atomic E-state index is 13.8. The van der Waals surface area contributed by atoms with Crippen LogP contribution in [0.15, 0.2) is 83.8 Å². The Morgan fingerprint density at radius 1 is 0.973 bits per heavy atom. The van der Waals surface area contributed by atoms with Gasteiger partial charge in [0, 0.05) is 13.1 Å². The second kappa shape index (κ2) is 12.4. The normalized spacial score (nSPS) is 11.9. The number of ether oxygens (including phenoxy) is 1. The van der Waals surface area contributed by atoms with Gasteiger partial charge in [-0.15, -0.1) is 0 Å². The average molecular weight is 524 g/mol. The average Bonchev–Trinajstić information content (AvgIpc) is 2.90. The van der Waals surface area contributed by atoms with Gasteiger partial charge in [-0.25, -0.2) is 8.42 Å². The van der Waals surface area contributed by atoms with Crippen molar-refractivity contribution in [2.45, 2.75) is 38.3 Å². The van der Waals surface area contributed by atoms with Crippen molar-refractivity contribution in [3.05, 3.63) is 90.0 Å². The standard InChI is InChI=1S/C28H33N3O5S/c1-5-29-28(33)22(3)30(19-23-13-11-12-21(2)18-23)27(32)20-31(25-16-9-10-17-26(25)36-4)37(34,35)24-14-7-6-8-15-24/h6-18,22H,5,19-20H2,1-4H3,(H,29,33). The van der Waals surface area contributed by atoms with E-state index < -0.39 is 28.5 Å². The molecule has 0 fully saturated rings. The molecule has 3 rings (SSSR count). The topological polar surface area (TPSA) is 96.0 Å². The molecule has 1 N–H and O–H groups in total. The third kappa shape index (κ3) is 6.68. The summed E-state index contributed by atoms with van der Waals surface area (Å²) >= 11 is 0. The molecule has 0 heterocycles. The lowest BCUT2D eigenvalue weighted by atomic mass is 10.1. The maximum Gasteiger partial charge on any atom is 0.264 e. The monoisotopic (exact) mass is 523 g/mol. The van der Waals surface area contributed by atoms with Crippen molar-refractivity contribution in [3.63, 3.8) is 0 Å². The summed E-state index contributed by atoms with van der Waals surface area (Å²) in [6.07, 6.45) is 0. The number of anilines is 1. The van der Waals surface area contributed by atoms with Crippen LogP contribution in [0, 0.1) is 6.92 Å². The summed E-state index contributed by atoms with van der Waals surface area (Å²) in [7, 11) is -2.71. The molecular formula is C28H33N3O5S. The van der Waals surface area contributed by atoms with E-state index in [2.05, 4.69) is 5.32 Å². The number of sulfonamides is 1. The van der Waals surface area contributed by atoms with Crippen molar-refractivity contribution in [3.8, 4) is 5.75 Å². The molecule has 0 aromatic heterocycles. The van der Waals surface area contributed by atoms with Crippen LogP contribution in [0.3, 0.4) is 0 Å². The molecule has 0 spiro atoms. The van der Waals surface area contributed by atoms with E-state index in [1.165, 1.54) is 24.1 Å². The highest BCUT2D eigenvalue weighted by molar-refractivity contribution is 7.92. The molecule has 0 aliphatic rings. The zero-order chi connectivity index (χ0) is 27.0. The minimum absolute atomic E-state index is 0.0377. The summed E-state index contributed by atoms with van der Waals surface area (Å²) in [5, 5.41) is 2.75. The van der Waals surface area contributed by atoms with Gasteiger partial charge in [-0.3, -0.25) is 13.9 Å². The van der Waals surface area contributed by atoms with Crippen molar-refractivity contribution < 1.29 is 22.7 Å². The number of methoxy groups -OCH3 is 1. The summed E-state index contributed by atoms with van der Waals surface area (Å²) in [5.41, 5.74) is 2.07. The van der Waals surface area contributed by atoms with E-state index in [0.717, 1.165) is 15.4 Å². The Morgan fingerprint density at radius 3 is 2.30 bits per heavy atom. The van der Waals surface area contributed by atoms with Crippen LogP contribution in [0.5, 0.6) is 5.75 Å². The van der Waals surface area contributed by atoms with Crippen molar-refractivity contribution in [2.75, 3.05) is 24.5 Å². The highest BCUT2D eigenvalue weighted by atomic mass is 32.2. The van der Waals surface area contributed by atoms with Gasteiger partial charge in [-0.1, -0.05) is 60.2 Å². The molecule has 1 atom stereocenters. The van der Waals surface area contributed by atoms with Crippen LogP contribution in [0.1, 0.15) is 25.0 Å². The predicted molar refractivity (Wildman–Crippen MR) is 144 cm³/mol. The van der Waals surface area contributed by atoms with Gasteiger partial charge < -0.3 is 15.0 Å². The number of para-hydroxylation sites is 2. The Balaban J connectivity index is 2.06. The van der Waals surface area contributed by atoms with Crippen molar-refractivity contribution in [2.24, 2.45) is 0 Å². The molecule has 2 amide bonds. The molecule has 0 saturated heterocycles. The number of hydrogen-bond donors (Lipinski definition) is 1. The van der Waals surface area contributed by atoms with Crippen LogP contribution in [-0.2, 0) is 26.2 Å². The fourth-order valence-corrected chi connectivity index (χ4v) is 5.43. The Kier molecular flexibility index (Phi) is 9.30. The third-order valence-electron chi connectivity index (χ3n) is 5.92. The number of hydrogen-bond acceptors (Lipinski definition) is 5. The van der Waals surface area contributed by atoms with E-state index in [-0.39, 0.29) is 23.0 Å². The van der Waals surface area contributed by atoms with Crippen LogP contribution in [0.2, 0.25) is 0 Å². The number of carbonyl (C=O) groups is 2. The van der Waals surface area contributed by atoms with Crippen molar-refractivity contribution in [1.29, 1.82) is 0 Å². The number of nitrogens with one attached hydrogen (secondary N) is 1. The van der Waals surface area contributed by atoms with Gasteiger partial charge in [0.2, 0.25) is 11.8 Å². The lowest BCUT2D eigenvalue weighted by molar-refractivity contribution is -0.139. The zero-order valence-corrected chi connectivity index (χ0v) is 22.4. The number of benzene rings is 3. The van der Waals surface area contributed by atoms with Gasteiger partial charge in [0.15, 0.2) is 0 Å². The molecule has 3 aromatic rings. The maximum absolute atomic E-state index is 13.8. The molecule has 0 bridgehead atoms. The highest BCUT2D eigenvalue weighted by Crippen LogP contribution is 2.32. The molecular weight excluding hydrogens is 490 g/mol. The fourth-order valence-electron chi connectivity index (χ4n) is 3.98. The summed E-state index contributed by atoms with van der Waals surface area (Å²) < 4.78 is 34.0. The minimum atomic E-state index is -4.15. The third-order valence-corrected chi connectivity index (χ3v) is 7.69. The molecule has 8 nitrogen and oxygen atoms in total. The number of likely N-dealkylation sites (N-methyl/N-ethyl adjacent to an activating group) is 1. The van der Waals surface area contributed by atoms with E-state index in [1.54, 1.807) is 56.3 Å². The molecule has 196 valence electrons. The summed E-state index contributed by atoms with van der Waals surface area (Å²) in [6.45, 7) is 5.41. The van der Waals surface area contributed by atoms with Gasteiger partial charge >= 0.3 is 0 Å². The Bertz CT molecular complexity index is 1330. The second-order valence-electron chi connectivity index (χ2n) is 8.58. The number of carbonyl (C=O) groups excluding carboxylic acids is 2. The minimum Gasteiger partial charge on any atom is -0.495 e. The van der Waals surface area contributed by atoms with E-state index in [9.17, 15) is 18.0 Å². The molecule has 0 saturated carbocycles. The molecule has 0 aliphatic carbocycles. The molecule has 37 heavy (non-hydrogen) atoms. The number of rotatable bonds is 11. The number of nitrogens with zero attached hydrogens (tertiary/aromatic N) is 2. The Labute approximate surface area is 218 Å². The van der Waals surface area contributed by atoms with Crippen LogP contribution in [-0.4, -0.2) is 51.4 Å². The first kappa shape index (κ1) is 27.7. The van der Waals surface area contributed by atoms with Crippen LogP contribution in [0.4, 0.5) is 5.69 Å². The molecule has 1 unspecified atom stereocenters. The summed E-state index contributed by atoms with van der Waals surface area (Å²) in [4.78, 5) is 28.1. The van der Waals surface area contributed by atoms with E-state index >= 15 is 0 Å². The van der Waals surface area contributed by atoms with Gasteiger partial charge in [-0.05, 0) is 50.6 Å². The predicted octanol–water partition coefficient (Wildman–Crippen LogP) is 3.75. The smallest absolute Gasteiger partial charge is 0.264 e. The quantitative estimate of drug-likeness (QED) is 0.413. The first-order valence-corrected chi connectivity index (χ1v) is 13.5. The lowest BCUT2D eigenvalue weighted by Gasteiger charge is -2.32. The fraction of sp³-hybridized carbons (Fsp3) is 0.286. The molecule has 0 radical (unpaired) electrons. The van der Waals surface area contributed by atoms with E-state index in [1.807, 2.05) is 31.2 Å². The van der Waals surface area contributed by atoms with E-state index in [4.69, 9.17) is 4.74 Å². The highest BCUT2D eigenvalue weighted by Gasteiger charge is 2.33. The van der Waals surface area contributed by atoms with Gasteiger partial charge in [0.25, 0.3) is 10.0 Å². The van der Waals surface area contributed by atoms with E-state index in [0.29, 0.717) is 12.3 Å². The first-order valence-electron chi connectivity index (χ1n) is 12.0. The van der Waals surface area contributed by atoms with Crippen molar-refractivity contribution in [1.82, 2.24) is 10.2 Å². The van der Waals surface area contributed by atoms with Crippen LogP contribution in [0.25, 0.3) is 0 Å². The van der Waals surface area contributed by atoms with Crippen LogP contribution >= 0.6 is 0 Å². The largest absolute Gasteiger partial charge is 0.495 e. The summed E-state index contributed by atoms with van der Waals surface area (Å²) in [6, 6.07) is 21.3. The van der Waals surface area contributed by atoms with Gasteiger partial charge in [0.1, 0.15) is 18.3 Å². The zero-order valence-electron chi connectivity index (χ0n) is 21.5. The second-order valence-corrected chi connectivity index (χ2v) is 10.4. The number of amides is 2. The molecule has 3 aromatic carbocycles. The lowest BCUT2D eigenvalue weighted by Crippen LogP contribution is -2.51. The first-order chi connectivity index (χ1) is 17.7. The van der Waals surface area contributed by atoms with Crippen molar-refractivity contribution >= 4 is 27.5 Å². The Hall–Kier alpha value is -3.85. The Morgan fingerprint density at radius 2 is 1.65 bits per heavy atom. The van der Waals surface area contributed by atoms with Crippen LogP contribution < -0.4 is 14.4 Å². The van der Waals surface area contributed by atoms with Gasteiger partial charge in [-0.2, -0.15) is 0 Å². The summed E-state index contributed by atoms with van der Waals surface area (Å²) in [5.74, 6) is -0.541. The molecule has 9 heteroatoms. The molecule has 0 aliphatic heterocycles.